The first-order valence-corrected chi connectivity index (χ1v) is 9.84. The first-order chi connectivity index (χ1) is 13.5. The standard InChI is InChI=1S/C21H32N4O3/c1-5-7-13-27-19-17(9-8-12-23-19)14-24-20(22-6-2)25-15-21(4,26)18-11-10-16(3)28-18/h8-12,26H,5-7,13-15H2,1-4H3,(H2,22,24,25). The number of aryl methyl sites for hydroxylation is 1. The number of guanidine groups is 1. The van der Waals surface area contributed by atoms with Gasteiger partial charge in [0, 0.05) is 18.3 Å². The van der Waals surface area contributed by atoms with Gasteiger partial charge in [0.15, 0.2) is 5.96 Å². The Hall–Kier alpha value is -2.54. The number of unbranched alkanes of at least 4 members (excludes halogenated alkanes) is 1. The lowest BCUT2D eigenvalue weighted by molar-refractivity contribution is 0.0378. The molecule has 0 saturated carbocycles. The van der Waals surface area contributed by atoms with Gasteiger partial charge in [0.1, 0.15) is 17.1 Å². The molecule has 3 N–H and O–H groups in total. The molecule has 28 heavy (non-hydrogen) atoms. The molecule has 2 rings (SSSR count). The minimum Gasteiger partial charge on any atom is -0.477 e. The van der Waals surface area contributed by atoms with Gasteiger partial charge in [-0.05, 0) is 45.4 Å². The molecule has 2 aromatic rings. The molecule has 0 aromatic carbocycles. The van der Waals surface area contributed by atoms with Gasteiger partial charge in [-0.3, -0.25) is 0 Å². The number of aromatic nitrogens is 1. The van der Waals surface area contributed by atoms with E-state index in [0.717, 1.165) is 24.2 Å². The van der Waals surface area contributed by atoms with E-state index in [2.05, 4.69) is 27.5 Å². The highest BCUT2D eigenvalue weighted by Gasteiger charge is 2.27. The first-order valence-electron chi connectivity index (χ1n) is 9.84. The second-order valence-electron chi connectivity index (χ2n) is 6.90. The maximum Gasteiger partial charge on any atom is 0.218 e. The van der Waals surface area contributed by atoms with Crippen LogP contribution in [-0.4, -0.2) is 35.7 Å². The van der Waals surface area contributed by atoms with E-state index < -0.39 is 5.60 Å². The van der Waals surface area contributed by atoms with Gasteiger partial charge in [-0.1, -0.05) is 19.4 Å². The van der Waals surface area contributed by atoms with Crippen molar-refractivity contribution in [1.82, 2.24) is 15.6 Å². The van der Waals surface area contributed by atoms with Crippen LogP contribution in [0.15, 0.2) is 39.9 Å². The first kappa shape index (κ1) is 21.8. The fourth-order valence-electron chi connectivity index (χ4n) is 2.56. The van der Waals surface area contributed by atoms with Gasteiger partial charge >= 0.3 is 0 Å². The van der Waals surface area contributed by atoms with Crippen LogP contribution < -0.4 is 15.4 Å². The minimum absolute atomic E-state index is 0.263. The summed E-state index contributed by atoms with van der Waals surface area (Å²) in [4.78, 5) is 8.92. The molecule has 0 spiro atoms. The van der Waals surface area contributed by atoms with Gasteiger partial charge in [0.05, 0.1) is 19.7 Å². The molecule has 0 fully saturated rings. The van der Waals surface area contributed by atoms with E-state index in [-0.39, 0.29) is 6.54 Å². The molecule has 0 radical (unpaired) electrons. The number of aliphatic hydroxyl groups is 1. The summed E-state index contributed by atoms with van der Waals surface area (Å²) in [6.45, 7) is 9.73. The van der Waals surface area contributed by atoms with Crippen molar-refractivity contribution >= 4 is 5.96 Å². The van der Waals surface area contributed by atoms with Crippen LogP contribution in [0.3, 0.4) is 0 Å². The highest BCUT2D eigenvalue weighted by Crippen LogP contribution is 2.22. The van der Waals surface area contributed by atoms with E-state index in [9.17, 15) is 5.11 Å². The van der Waals surface area contributed by atoms with Crippen molar-refractivity contribution < 1.29 is 14.3 Å². The van der Waals surface area contributed by atoms with Crippen LogP contribution >= 0.6 is 0 Å². The van der Waals surface area contributed by atoms with Crippen molar-refractivity contribution in [3.8, 4) is 5.88 Å². The highest BCUT2D eigenvalue weighted by molar-refractivity contribution is 5.79. The Morgan fingerprint density at radius 3 is 2.79 bits per heavy atom. The Balaban J connectivity index is 2.02. The maximum absolute atomic E-state index is 10.7. The highest BCUT2D eigenvalue weighted by atomic mass is 16.5. The molecule has 1 atom stereocenters. The molecule has 0 aliphatic heterocycles. The van der Waals surface area contributed by atoms with Crippen LogP contribution in [0.1, 0.15) is 50.7 Å². The summed E-state index contributed by atoms with van der Waals surface area (Å²) in [5.74, 6) is 2.51. The Kier molecular flexibility index (Phi) is 8.32. The van der Waals surface area contributed by atoms with E-state index in [1.807, 2.05) is 32.0 Å². The average molecular weight is 389 g/mol. The van der Waals surface area contributed by atoms with Gasteiger partial charge in [-0.25, -0.2) is 9.98 Å². The molecular formula is C21H32N4O3. The second-order valence-corrected chi connectivity index (χ2v) is 6.90. The zero-order chi connectivity index (χ0) is 20.4. The molecule has 0 saturated heterocycles. The molecule has 1 unspecified atom stereocenters. The van der Waals surface area contributed by atoms with Crippen molar-refractivity contribution in [2.45, 2.75) is 52.7 Å². The van der Waals surface area contributed by atoms with Crippen molar-refractivity contribution in [2.24, 2.45) is 4.99 Å². The summed E-state index contributed by atoms with van der Waals surface area (Å²) < 4.78 is 11.3. The molecule has 2 aromatic heterocycles. The minimum atomic E-state index is -1.15. The predicted molar refractivity (Wildman–Crippen MR) is 110 cm³/mol. The number of aliphatic imine (C=N–C) groups is 1. The van der Waals surface area contributed by atoms with Crippen LogP contribution in [0.25, 0.3) is 0 Å². The number of pyridine rings is 1. The zero-order valence-electron chi connectivity index (χ0n) is 17.3. The van der Waals surface area contributed by atoms with E-state index in [1.54, 1.807) is 19.2 Å². The third-order valence-electron chi connectivity index (χ3n) is 4.21. The number of nitrogens with zero attached hydrogens (tertiary/aromatic N) is 2. The lowest BCUT2D eigenvalue weighted by atomic mass is 10.0. The number of hydrogen-bond acceptors (Lipinski definition) is 5. The van der Waals surface area contributed by atoms with Gasteiger partial charge in [0.25, 0.3) is 0 Å². The Morgan fingerprint density at radius 2 is 2.11 bits per heavy atom. The molecule has 154 valence electrons. The summed E-state index contributed by atoms with van der Waals surface area (Å²) in [5, 5.41) is 17.1. The van der Waals surface area contributed by atoms with E-state index >= 15 is 0 Å². The Labute approximate surface area is 167 Å². The van der Waals surface area contributed by atoms with Crippen LogP contribution in [0.5, 0.6) is 5.88 Å². The molecule has 2 heterocycles. The summed E-state index contributed by atoms with van der Waals surface area (Å²) in [6, 6.07) is 7.47. The van der Waals surface area contributed by atoms with Crippen molar-refractivity contribution in [3.05, 3.63) is 47.5 Å². The predicted octanol–water partition coefficient (Wildman–Crippen LogP) is 3.12. The zero-order valence-corrected chi connectivity index (χ0v) is 17.3. The quantitative estimate of drug-likeness (QED) is 0.329. The summed E-state index contributed by atoms with van der Waals surface area (Å²) >= 11 is 0. The summed E-state index contributed by atoms with van der Waals surface area (Å²) in [5.41, 5.74) is -0.225. The topological polar surface area (TPSA) is 91.9 Å². The largest absolute Gasteiger partial charge is 0.477 e. The van der Waals surface area contributed by atoms with E-state index in [4.69, 9.17) is 9.15 Å². The fourth-order valence-corrected chi connectivity index (χ4v) is 2.56. The van der Waals surface area contributed by atoms with E-state index in [1.165, 1.54) is 0 Å². The summed E-state index contributed by atoms with van der Waals surface area (Å²) in [7, 11) is 0. The molecule has 0 amide bonds. The molecule has 0 aliphatic carbocycles. The SMILES string of the molecule is CCCCOc1ncccc1CN=C(NCC)NCC(C)(O)c1ccc(C)o1. The van der Waals surface area contributed by atoms with E-state index in [0.29, 0.717) is 37.3 Å². The Morgan fingerprint density at radius 1 is 1.29 bits per heavy atom. The second kappa shape index (κ2) is 10.7. The van der Waals surface area contributed by atoms with Crippen molar-refractivity contribution in [3.63, 3.8) is 0 Å². The van der Waals surface area contributed by atoms with Crippen molar-refractivity contribution in [1.29, 1.82) is 0 Å². The lowest BCUT2D eigenvalue weighted by Crippen LogP contribution is -2.44. The van der Waals surface area contributed by atoms with Gasteiger partial charge in [0.2, 0.25) is 5.88 Å². The van der Waals surface area contributed by atoms with Crippen LogP contribution in [0, 0.1) is 6.92 Å². The molecule has 7 heteroatoms. The molecule has 7 nitrogen and oxygen atoms in total. The van der Waals surface area contributed by atoms with Crippen LogP contribution in [-0.2, 0) is 12.1 Å². The molecule has 0 bridgehead atoms. The van der Waals surface area contributed by atoms with Crippen LogP contribution in [0.4, 0.5) is 0 Å². The number of furan rings is 1. The number of hydrogen-bond donors (Lipinski definition) is 3. The molecule has 0 aliphatic rings. The van der Waals surface area contributed by atoms with Crippen molar-refractivity contribution in [2.75, 3.05) is 19.7 Å². The van der Waals surface area contributed by atoms with Gasteiger partial charge in [-0.2, -0.15) is 0 Å². The Bertz CT molecular complexity index is 756. The van der Waals surface area contributed by atoms with Crippen LogP contribution in [0.2, 0.25) is 0 Å². The number of ether oxygens (including phenoxy) is 1. The third-order valence-corrected chi connectivity index (χ3v) is 4.21. The molecular weight excluding hydrogens is 356 g/mol. The van der Waals surface area contributed by atoms with Gasteiger partial charge < -0.3 is 24.9 Å². The van der Waals surface area contributed by atoms with Gasteiger partial charge in [-0.15, -0.1) is 0 Å². The smallest absolute Gasteiger partial charge is 0.218 e. The number of nitrogens with one attached hydrogen (secondary N) is 2. The normalized spacial score (nSPS) is 13.8. The summed E-state index contributed by atoms with van der Waals surface area (Å²) in [6.07, 6.45) is 3.79. The number of rotatable bonds is 10. The third kappa shape index (κ3) is 6.56. The average Bonchev–Trinajstić information content (AvgIpc) is 3.12. The maximum atomic E-state index is 10.7. The lowest BCUT2D eigenvalue weighted by Gasteiger charge is -2.23. The fraction of sp³-hybridized carbons (Fsp3) is 0.524. The monoisotopic (exact) mass is 388 g/mol.